The molecule has 0 amide bonds. The maximum Gasteiger partial charge on any atom is 0.139 e. The van der Waals surface area contributed by atoms with Crippen LogP contribution in [-0.2, 0) is 25.9 Å². The topological polar surface area (TPSA) is 17.1 Å². The van der Waals surface area contributed by atoms with Gasteiger partial charge in [-0.1, -0.05) is 0 Å². The molecule has 6 heavy (non-hydrogen) atoms. The molecule has 1 nitrogen and oxygen atoms in total. The number of hydrogen-bond acceptors (Lipinski definition) is 2. The Balaban J connectivity index is 0. The van der Waals surface area contributed by atoms with Crippen molar-refractivity contribution >= 4 is 18.4 Å². The van der Waals surface area contributed by atoms with Crippen molar-refractivity contribution in [3.63, 3.8) is 0 Å². The summed E-state index contributed by atoms with van der Waals surface area (Å²) in [5.74, 6) is 0.480. The largest absolute Gasteiger partial charge is 0.299 e. The summed E-state index contributed by atoms with van der Waals surface area (Å²) in [5.41, 5.74) is 0. The van der Waals surface area contributed by atoms with Gasteiger partial charge in [0.2, 0.25) is 0 Å². The van der Waals surface area contributed by atoms with E-state index in [9.17, 15) is 4.79 Å². The van der Waals surface area contributed by atoms with Crippen LogP contribution in [-0.4, -0.2) is 11.5 Å². The van der Waals surface area contributed by atoms with Gasteiger partial charge in [-0.25, -0.2) is 0 Å². The molecule has 0 radical (unpaired) electrons. The predicted molar refractivity (Wildman–Crippen MR) is 24.5 cm³/mol. The van der Waals surface area contributed by atoms with Crippen LogP contribution in [0.4, 0.5) is 0 Å². The SMILES string of the molecule is CC(=O)CS.[Pt]. The summed E-state index contributed by atoms with van der Waals surface area (Å²) < 4.78 is 0. The summed E-state index contributed by atoms with van der Waals surface area (Å²) in [7, 11) is 0. The van der Waals surface area contributed by atoms with Crippen LogP contribution in [0.25, 0.3) is 0 Å². The van der Waals surface area contributed by atoms with Gasteiger partial charge in [0.05, 0.1) is 0 Å². The van der Waals surface area contributed by atoms with Gasteiger partial charge in [-0.05, 0) is 6.92 Å². The van der Waals surface area contributed by atoms with Gasteiger partial charge in [-0.2, -0.15) is 12.6 Å². The van der Waals surface area contributed by atoms with Crippen LogP contribution in [0.3, 0.4) is 0 Å². The quantitative estimate of drug-likeness (QED) is 0.695. The van der Waals surface area contributed by atoms with Crippen LogP contribution in [0.15, 0.2) is 0 Å². The van der Waals surface area contributed by atoms with Crippen molar-refractivity contribution in [3.8, 4) is 0 Å². The van der Waals surface area contributed by atoms with Crippen molar-refractivity contribution in [1.82, 2.24) is 0 Å². The van der Waals surface area contributed by atoms with E-state index in [0.29, 0.717) is 5.75 Å². The first-order valence-electron chi connectivity index (χ1n) is 1.37. The normalized spacial score (nSPS) is 6.33. The Morgan fingerprint density at radius 1 is 1.83 bits per heavy atom. The summed E-state index contributed by atoms with van der Waals surface area (Å²) >= 11 is 3.67. The molecule has 0 aromatic rings. The molecule has 0 saturated heterocycles. The second-order valence-corrected chi connectivity index (χ2v) is 1.18. The fourth-order valence-electron chi connectivity index (χ4n) is 0. The van der Waals surface area contributed by atoms with E-state index in [-0.39, 0.29) is 26.8 Å². The van der Waals surface area contributed by atoms with Crippen molar-refractivity contribution in [1.29, 1.82) is 0 Å². The van der Waals surface area contributed by atoms with E-state index in [1.54, 1.807) is 0 Å². The van der Waals surface area contributed by atoms with Crippen LogP contribution in [0.2, 0.25) is 0 Å². The van der Waals surface area contributed by atoms with E-state index >= 15 is 0 Å². The molecule has 0 aliphatic heterocycles. The molecule has 0 spiro atoms. The Morgan fingerprint density at radius 2 is 2.00 bits per heavy atom. The van der Waals surface area contributed by atoms with Gasteiger partial charge in [0.1, 0.15) is 5.78 Å². The minimum absolute atomic E-state index is 0. The number of rotatable bonds is 1. The number of ketones is 1. The molecule has 0 aromatic carbocycles. The standard InChI is InChI=1S/C3H6OS.Pt/c1-3(4)2-5;/h5H,2H2,1H3;. The number of carbonyl (C=O) groups excluding carboxylic acids is 1. The van der Waals surface area contributed by atoms with Gasteiger partial charge in [-0.15, -0.1) is 0 Å². The molecule has 40 valence electrons. The third-order valence-corrected chi connectivity index (χ3v) is 0.668. The van der Waals surface area contributed by atoms with E-state index < -0.39 is 0 Å². The first kappa shape index (κ1) is 9.86. The molecule has 0 aliphatic carbocycles. The second kappa shape index (κ2) is 5.71. The zero-order valence-electron chi connectivity index (χ0n) is 3.38. The Bertz CT molecular complexity index is 46.1. The second-order valence-electron chi connectivity index (χ2n) is 0.860. The Kier molecular flexibility index (Phi) is 9.38. The van der Waals surface area contributed by atoms with E-state index in [4.69, 9.17) is 0 Å². The van der Waals surface area contributed by atoms with Crippen molar-refractivity contribution in [3.05, 3.63) is 0 Å². The van der Waals surface area contributed by atoms with Crippen LogP contribution < -0.4 is 0 Å². The Hall–Kier alpha value is 0.708. The summed E-state index contributed by atoms with van der Waals surface area (Å²) in [6, 6.07) is 0. The molecule has 0 atom stereocenters. The van der Waals surface area contributed by atoms with E-state index in [0.717, 1.165) is 0 Å². The molecular formula is C3H6OPtS. The van der Waals surface area contributed by atoms with Crippen LogP contribution >= 0.6 is 12.6 Å². The first-order valence-corrected chi connectivity index (χ1v) is 2.01. The maximum atomic E-state index is 9.74. The third kappa shape index (κ3) is 8.83. The molecule has 0 rings (SSSR count). The van der Waals surface area contributed by atoms with Gasteiger partial charge in [-0.3, -0.25) is 4.79 Å². The van der Waals surface area contributed by atoms with Crippen molar-refractivity contribution in [2.75, 3.05) is 5.75 Å². The third-order valence-electron chi connectivity index (χ3n) is 0.223. The van der Waals surface area contributed by atoms with Crippen LogP contribution in [0, 0.1) is 0 Å². The fourth-order valence-corrected chi connectivity index (χ4v) is 0. The van der Waals surface area contributed by atoms with Gasteiger partial charge in [0.25, 0.3) is 0 Å². The van der Waals surface area contributed by atoms with E-state index in [1.807, 2.05) is 0 Å². The maximum absolute atomic E-state index is 9.74. The number of hydrogen-bond donors (Lipinski definition) is 1. The number of carbonyl (C=O) groups is 1. The van der Waals surface area contributed by atoms with Gasteiger partial charge in [0.15, 0.2) is 0 Å². The fraction of sp³-hybridized carbons (Fsp3) is 0.667. The zero-order chi connectivity index (χ0) is 4.28. The molecule has 0 fully saturated rings. The molecule has 0 saturated carbocycles. The first-order chi connectivity index (χ1) is 2.27. The van der Waals surface area contributed by atoms with Gasteiger partial charge in [0, 0.05) is 26.8 Å². The summed E-state index contributed by atoms with van der Waals surface area (Å²) in [5, 5.41) is 0. The Morgan fingerprint density at radius 3 is 2.00 bits per heavy atom. The smallest absolute Gasteiger partial charge is 0.139 e. The Labute approximate surface area is 57.2 Å². The van der Waals surface area contributed by atoms with Crippen LogP contribution in [0.1, 0.15) is 6.92 Å². The zero-order valence-corrected chi connectivity index (χ0v) is 6.55. The number of Topliss-reactive ketones (excluding diaryl/α,β-unsaturated/α-hetero) is 1. The van der Waals surface area contributed by atoms with Crippen LogP contribution in [0.5, 0.6) is 0 Å². The average molecular weight is 285 g/mol. The molecule has 3 heteroatoms. The minimum atomic E-state index is 0. The molecule has 0 aromatic heterocycles. The number of thiol groups is 1. The van der Waals surface area contributed by atoms with Gasteiger partial charge < -0.3 is 0 Å². The van der Waals surface area contributed by atoms with Gasteiger partial charge >= 0.3 is 0 Å². The minimum Gasteiger partial charge on any atom is -0.299 e. The molecule has 0 N–H and O–H groups in total. The van der Waals surface area contributed by atoms with E-state index in [2.05, 4.69) is 12.6 Å². The summed E-state index contributed by atoms with van der Waals surface area (Å²) in [6.07, 6.45) is 0. The monoisotopic (exact) mass is 285 g/mol. The van der Waals surface area contributed by atoms with Crippen molar-refractivity contribution in [2.24, 2.45) is 0 Å². The molecule has 0 bridgehead atoms. The van der Waals surface area contributed by atoms with Crippen molar-refractivity contribution in [2.45, 2.75) is 6.92 Å². The predicted octanol–water partition coefficient (Wildman–Crippen LogP) is 0.503. The summed E-state index contributed by atoms with van der Waals surface area (Å²) in [4.78, 5) is 9.74. The molecule has 0 heterocycles. The molecule has 0 aliphatic rings. The van der Waals surface area contributed by atoms with Crippen molar-refractivity contribution < 1.29 is 25.9 Å². The molecular weight excluding hydrogens is 279 g/mol. The van der Waals surface area contributed by atoms with E-state index in [1.165, 1.54) is 6.92 Å². The average Bonchev–Trinajstić information content (AvgIpc) is 1.38. The summed E-state index contributed by atoms with van der Waals surface area (Å²) in [6.45, 7) is 1.51. The molecule has 0 unspecified atom stereocenters.